The molecular weight excluding hydrogens is 412 g/mol. The number of hydrogen-bond donors (Lipinski definition) is 0. The summed E-state index contributed by atoms with van der Waals surface area (Å²) in [4.78, 5) is 6.97. The molecule has 2 aromatic carbocycles. The van der Waals surface area contributed by atoms with Crippen LogP contribution in [0.25, 0.3) is 0 Å². The topological polar surface area (TPSA) is 49.7 Å². The van der Waals surface area contributed by atoms with Crippen molar-refractivity contribution in [2.24, 2.45) is 4.99 Å². The molecule has 0 amide bonds. The molecule has 1 saturated heterocycles. The number of rotatable bonds is 4. The predicted molar refractivity (Wildman–Crippen MR) is 118 cm³/mol. The molecule has 1 fully saturated rings. The SMILES string of the molecule is Cc1ccc(CSC2=N[C@H]3CS(=O)(=O)C[C@@H]3N2Cc2ccc(Cl)cc2)cc1C. The van der Waals surface area contributed by atoms with Crippen LogP contribution in [-0.4, -0.2) is 42.1 Å². The van der Waals surface area contributed by atoms with Gasteiger partial charge < -0.3 is 4.90 Å². The fourth-order valence-electron chi connectivity index (χ4n) is 3.72. The first-order chi connectivity index (χ1) is 13.3. The highest BCUT2D eigenvalue weighted by molar-refractivity contribution is 8.13. The van der Waals surface area contributed by atoms with Crippen LogP contribution in [0.3, 0.4) is 0 Å². The molecule has 2 aliphatic rings. The standard InChI is InChI=1S/C21H23ClN2O2S2/c1-14-3-4-17(9-15(14)2)11-27-21-23-19-12-28(25,26)13-20(19)24(21)10-16-5-7-18(22)8-6-16/h3-9,19-20H,10-13H2,1-2H3/t19-,20-/m0/s1. The van der Waals surface area contributed by atoms with Crippen LogP contribution in [0.4, 0.5) is 0 Å². The van der Waals surface area contributed by atoms with Gasteiger partial charge in [0.1, 0.15) is 0 Å². The van der Waals surface area contributed by atoms with Crippen LogP contribution in [0.2, 0.25) is 5.02 Å². The van der Waals surface area contributed by atoms with Gasteiger partial charge in [0.2, 0.25) is 0 Å². The lowest BCUT2D eigenvalue weighted by molar-refractivity contribution is 0.343. The van der Waals surface area contributed by atoms with Crippen molar-refractivity contribution in [2.75, 3.05) is 11.5 Å². The molecule has 0 aliphatic carbocycles. The molecule has 4 rings (SSSR count). The van der Waals surface area contributed by atoms with Crippen LogP contribution >= 0.6 is 23.4 Å². The number of halogens is 1. The molecule has 148 valence electrons. The number of amidine groups is 1. The summed E-state index contributed by atoms with van der Waals surface area (Å²) < 4.78 is 24.2. The van der Waals surface area contributed by atoms with Gasteiger partial charge in [0.05, 0.1) is 23.6 Å². The Kier molecular flexibility index (Phi) is 5.47. The van der Waals surface area contributed by atoms with Gasteiger partial charge in [-0.15, -0.1) is 0 Å². The van der Waals surface area contributed by atoms with Crippen LogP contribution in [0.1, 0.15) is 22.3 Å². The van der Waals surface area contributed by atoms with Crippen LogP contribution in [0.5, 0.6) is 0 Å². The molecule has 7 heteroatoms. The van der Waals surface area contributed by atoms with E-state index >= 15 is 0 Å². The second-order valence-electron chi connectivity index (χ2n) is 7.58. The lowest BCUT2D eigenvalue weighted by Gasteiger charge is -2.26. The zero-order valence-electron chi connectivity index (χ0n) is 15.9. The molecular formula is C21H23ClN2O2S2. The lowest BCUT2D eigenvalue weighted by Crippen LogP contribution is -2.38. The largest absolute Gasteiger partial charge is 0.341 e. The number of aliphatic imine (C=N–C) groups is 1. The van der Waals surface area contributed by atoms with Gasteiger partial charge >= 0.3 is 0 Å². The third-order valence-corrected chi connectivity index (χ3v) is 8.45. The van der Waals surface area contributed by atoms with E-state index in [-0.39, 0.29) is 23.6 Å². The molecule has 0 bridgehead atoms. The van der Waals surface area contributed by atoms with Gasteiger partial charge in [0.15, 0.2) is 15.0 Å². The molecule has 0 saturated carbocycles. The Morgan fingerprint density at radius 3 is 2.50 bits per heavy atom. The van der Waals surface area contributed by atoms with E-state index in [9.17, 15) is 8.42 Å². The first-order valence-electron chi connectivity index (χ1n) is 9.29. The summed E-state index contributed by atoms with van der Waals surface area (Å²) in [7, 11) is -3.02. The number of aryl methyl sites for hydroxylation is 2. The first kappa shape index (κ1) is 19.8. The highest BCUT2D eigenvalue weighted by Crippen LogP contribution is 2.33. The smallest absolute Gasteiger partial charge is 0.160 e. The number of benzene rings is 2. The van der Waals surface area contributed by atoms with E-state index in [1.54, 1.807) is 11.8 Å². The van der Waals surface area contributed by atoms with Crippen LogP contribution in [-0.2, 0) is 22.1 Å². The van der Waals surface area contributed by atoms with E-state index in [4.69, 9.17) is 16.6 Å². The summed E-state index contributed by atoms with van der Waals surface area (Å²) >= 11 is 7.70. The van der Waals surface area contributed by atoms with Crippen molar-refractivity contribution in [3.63, 3.8) is 0 Å². The Balaban J connectivity index is 1.54. The minimum absolute atomic E-state index is 0.0667. The number of fused-ring (bicyclic) bond motifs is 1. The summed E-state index contributed by atoms with van der Waals surface area (Å²) in [5.41, 5.74) is 4.93. The molecule has 2 aliphatic heterocycles. The molecule has 2 atom stereocenters. The fourth-order valence-corrected chi connectivity index (χ4v) is 6.77. The predicted octanol–water partition coefficient (Wildman–Crippen LogP) is 4.23. The van der Waals surface area contributed by atoms with Crippen LogP contribution in [0.15, 0.2) is 47.5 Å². The molecule has 0 radical (unpaired) electrons. The minimum Gasteiger partial charge on any atom is -0.341 e. The molecule has 4 nitrogen and oxygen atoms in total. The van der Waals surface area contributed by atoms with Crippen molar-refractivity contribution in [2.45, 2.75) is 38.2 Å². The van der Waals surface area contributed by atoms with Gasteiger partial charge in [-0.2, -0.15) is 0 Å². The molecule has 2 aromatic rings. The van der Waals surface area contributed by atoms with E-state index in [1.165, 1.54) is 16.7 Å². The Hall–Kier alpha value is -1.50. The summed E-state index contributed by atoms with van der Waals surface area (Å²) in [6.07, 6.45) is 0. The number of hydrogen-bond acceptors (Lipinski definition) is 5. The Morgan fingerprint density at radius 1 is 1.07 bits per heavy atom. The molecule has 2 heterocycles. The Bertz CT molecular complexity index is 1020. The minimum atomic E-state index is -3.02. The number of thioether (sulfide) groups is 1. The monoisotopic (exact) mass is 434 g/mol. The third-order valence-electron chi connectivity index (χ3n) is 5.42. The molecule has 0 N–H and O–H groups in total. The third kappa shape index (κ3) is 4.24. The van der Waals surface area contributed by atoms with Crippen molar-refractivity contribution in [1.82, 2.24) is 4.90 Å². The van der Waals surface area contributed by atoms with Gasteiger partial charge in [-0.25, -0.2) is 8.42 Å². The van der Waals surface area contributed by atoms with E-state index in [0.29, 0.717) is 11.6 Å². The fraction of sp³-hybridized carbons (Fsp3) is 0.381. The van der Waals surface area contributed by atoms with Crippen molar-refractivity contribution in [1.29, 1.82) is 0 Å². The van der Waals surface area contributed by atoms with Crippen molar-refractivity contribution in [3.05, 3.63) is 69.7 Å². The van der Waals surface area contributed by atoms with Crippen LogP contribution in [0, 0.1) is 13.8 Å². The van der Waals surface area contributed by atoms with Crippen molar-refractivity contribution >= 4 is 38.4 Å². The van der Waals surface area contributed by atoms with E-state index in [1.807, 2.05) is 24.3 Å². The maximum Gasteiger partial charge on any atom is 0.160 e. The lowest BCUT2D eigenvalue weighted by atomic mass is 10.1. The molecule has 0 spiro atoms. The Labute approximate surface area is 175 Å². The van der Waals surface area contributed by atoms with E-state index in [2.05, 4.69) is 36.9 Å². The summed E-state index contributed by atoms with van der Waals surface area (Å²) in [5, 5.41) is 1.64. The van der Waals surface area contributed by atoms with E-state index in [0.717, 1.165) is 16.5 Å². The van der Waals surface area contributed by atoms with Gasteiger partial charge in [0.25, 0.3) is 0 Å². The zero-order chi connectivity index (χ0) is 19.9. The van der Waals surface area contributed by atoms with Gasteiger partial charge in [0, 0.05) is 17.3 Å². The van der Waals surface area contributed by atoms with E-state index < -0.39 is 9.84 Å². The molecule has 28 heavy (non-hydrogen) atoms. The quantitative estimate of drug-likeness (QED) is 0.722. The highest BCUT2D eigenvalue weighted by atomic mass is 35.5. The summed E-state index contributed by atoms with van der Waals surface area (Å²) in [6, 6.07) is 14.0. The molecule has 0 unspecified atom stereocenters. The average molecular weight is 435 g/mol. The number of sulfone groups is 1. The maximum absolute atomic E-state index is 12.1. The molecule has 0 aromatic heterocycles. The zero-order valence-corrected chi connectivity index (χ0v) is 18.3. The second kappa shape index (κ2) is 7.73. The maximum atomic E-state index is 12.1. The highest BCUT2D eigenvalue weighted by Gasteiger charge is 2.46. The van der Waals surface area contributed by atoms with Gasteiger partial charge in [-0.3, -0.25) is 4.99 Å². The normalized spacial score (nSPS) is 23.0. The van der Waals surface area contributed by atoms with Crippen molar-refractivity contribution in [3.8, 4) is 0 Å². The number of nitrogens with zero attached hydrogens (tertiary/aromatic N) is 2. The Morgan fingerprint density at radius 2 is 1.79 bits per heavy atom. The average Bonchev–Trinajstić information content (AvgIpc) is 3.10. The first-order valence-corrected chi connectivity index (χ1v) is 12.5. The summed E-state index contributed by atoms with van der Waals surface area (Å²) in [6.45, 7) is 4.88. The second-order valence-corrected chi connectivity index (χ2v) is 11.1. The van der Waals surface area contributed by atoms with Crippen molar-refractivity contribution < 1.29 is 8.42 Å². The van der Waals surface area contributed by atoms with Gasteiger partial charge in [-0.1, -0.05) is 53.7 Å². The van der Waals surface area contributed by atoms with Gasteiger partial charge in [-0.05, 0) is 48.2 Å². The summed E-state index contributed by atoms with van der Waals surface area (Å²) in [5.74, 6) is 1.16. The van der Waals surface area contributed by atoms with Crippen LogP contribution < -0.4 is 0 Å².